The average molecular weight is 215 g/mol. The third kappa shape index (κ3) is 2.73. The van der Waals surface area contributed by atoms with Crippen LogP contribution in [-0.4, -0.2) is 24.5 Å². The lowest BCUT2D eigenvalue weighted by Gasteiger charge is -2.26. The van der Waals surface area contributed by atoms with E-state index in [0.29, 0.717) is 0 Å². The fourth-order valence-electron chi connectivity index (χ4n) is 2.34. The Kier molecular flexibility index (Phi) is 3.79. The summed E-state index contributed by atoms with van der Waals surface area (Å²) >= 11 is 0. The molecule has 2 rings (SSSR count). The molecule has 0 bridgehead atoms. The maximum absolute atomic E-state index is 2.53. The third-order valence-corrected chi connectivity index (χ3v) is 3.22. The first-order chi connectivity index (χ1) is 7.79. The Balaban J connectivity index is 2.07. The molecule has 0 N–H and O–H groups in total. The van der Waals surface area contributed by atoms with Crippen molar-refractivity contribution in [3.05, 3.63) is 41.5 Å². The summed E-state index contributed by atoms with van der Waals surface area (Å²) in [6.45, 7) is 7.98. The molecule has 1 aliphatic heterocycles. The lowest BCUT2D eigenvalue weighted by atomic mass is 9.98. The highest BCUT2D eigenvalue weighted by Gasteiger charge is 2.11. The summed E-state index contributed by atoms with van der Waals surface area (Å²) in [6, 6.07) is 8.84. The highest BCUT2D eigenvalue weighted by molar-refractivity contribution is 5.67. The van der Waals surface area contributed by atoms with Crippen molar-refractivity contribution in [2.24, 2.45) is 0 Å². The van der Waals surface area contributed by atoms with Crippen LogP contribution in [0.5, 0.6) is 0 Å². The Labute approximate surface area is 98.8 Å². The molecule has 0 saturated heterocycles. The molecule has 1 aromatic carbocycles. The molecule has 0 radical (unpaired) electrons. The van der Waals surface area contributed by atoms with Crippen LogP contribution in [-0.2, 0) is 0 Å². The Hall–Kier alpha value is -1.08. The lowest BCUT2D eigenvalue weighted by Crippen LogP contribution is -2.29. The highest BCUT2D eigenvalue weighted by atomic mass is 15.1. The van der Waals surface area contributed by atoms with Gasteiger partial charge in [-0.3, -0.25) is 4.90 Å². The zero-order chi connectivity index (χ0) is 11.4. The summed E-state index contributed by atoms with van der Waals surface area (Å²) in [4.78, 5) is 2.53. The average Bonchev–Trinajstić information content (AvgIpc) is 2.30. The van der Waals surface area contributed by atoms with E-state index >= 15 is 0 Å². The van der Waals surface area contributed by atoms with Gasteiger partial charge >= 0.3 is 0 Å². The molecule has 0 atom stereocenters. The fourth-order valence-corrected chi connectivity index (χ4v) is 2.34. The standard InChI is InChI=1S/C15H21N/c1-3-9-16-10-7-14(8-11-16)15-6-4-5-13(2)12-15/h4-7,12H,3,8-11H2,1-2H3. The van der Waals surface area contributed by atoms with E-state index in [1.807, 2.05) is 0 Å². The van der Waals surface area contributed by atoms with E-state index in [2.05, 4.69) is 49.1 Å². The van der Waals surface area contributed by atoms with Crippen molar-refractivity contribution < 1.29 is 0 Å². The van der Waals surface area contributed by atoms with Crippen LogP contribution in [0.4, 0.5) is 0 Å². The molecule has 16 heavy (non-hydrogen) atoms. The molecule has 1 aliphatic rings. The van der Waals surface area contributed by atoms with Gasteiger partial charge in [0.2, 0.25) is 0 Å². The van der Waals surface area contributed by atoms with Gasteiger partial charge in [-0.05, 0) is 37.4 Å². The van der Waals surface area contributed by atoms with Crippen LogP contribution in [0.3, 0.4) is 0 Å². The van der Waals surface area contributed by atoms with E-state index < -0.39 is 0 Å². The molecule has 0 spiro atoms. The van der Waals surface area contributed by atoms with Gasteiger partial charge in [-0.25, -0.2) is 0 Å². The Bertz CT molecular complexity index is 379. The fraction of sp³-hybridized carbons (Fsp3) is 0.467. The van der Waals surface area contributed by atoms with Gasteiger partial charge in [-0.1, -0.05) is 42.8 Å². The second-order valence-corrected chi connectivity index (χ2v) is 4.65. The van der Waals surface area contributed by atoms with E-state index in [1.165, 1.54) is 42.6 Å². The van der Waals surface area contributed by atoms with Gasteiger partial charge in [-0.2, -0.15) is 0 Å². The first kappa shape index (κ1) is 11.4. The molecule has 0 saturated carbocycles. The SMILES string of the molecule is CCCN1CC=C(c2cccc(C)c2)CC1. The van der Waals surface area contributed by atoms with Crippen molar-refractivity contribution in [2.45, 2.75) is 26.7 Å². The number of hydrogen-bond donors (Lipinski definition) is 0. The number of rotatable bonds is 3. The first-order valence-corrected chi connectivity index (χ1v) is 6.28. The summed E-state index contributed by atoms with van der Waals surface area (Å²) in [5.74, 6) is 0. The van der Waals surface area contributed by atoms with Gasteiger partial charge in [0, 0.05) is 13.1 Å². The van der Waals surface area contributed by atoms with Crippen LogP contribution in [0.2, 0.25) is 0 Å². The van der Waals surface area contributed by atoms with Gasteiger partial charge in [0.05, 0.1) is 0 Å². The molecule has 1 heteroatoms. The molecule has 0 aromatic heterocycles. The van der Waals surface area contributed by atoms with Gasteiger partial charge in [0.1, 0.15) is 0 Å². The van der Waals surface area contributed by atoms with Crippen LogP contribution in [0, 0.1) is 6.92 Å². The predicted molar refractivity (Wildman–Crippen MR) is 70.5 cm³/mol. The molecule has 0 aliphatic carbocycles. The van der Waals surface area contributed by atoms with Crippen molar-refractivity contribution >= 4 is 5.57 Å². The molecule has 1 nitrogen and oxygen atoms in total. The topological polar surface area (TPSA) is 3.24 Å². The van der Waals surface area contributed by atoms with Gasteiger partial charge in [0.25, 0.3) is 0 Å². The number of benzene rings is 1. The highest BCUT2D eigenvalue weighted by Crippen LogP contribution is 2.22. The smallest absolute Gasteiger partial charge is 0.0169 e. The van der Waals surface area contributed by atoms with Crippen LogP contribution < -0.4 is 0 Å². The minimum Gasteiger partial charge on any atom is -0.299 e. The summed E-state index contributed by atoms with van der Waals surface area (Å²) in [6.07, 6.45) is 4.85. The Morgan fingerprint density at radius 1 is 1.31 bits per heavy atom. The molecule has 0 unspecified atom stereocenters. The van der Waals surface area contributed by atoms with E-state index in [1.54, 1.807) is 0 Å². The quantitative estimate of drug-likeness (QED) is 0.746. The monoisotopic (exact) mass is 215 g/mol. The van der Waals surface area contributed by atoms with Crippen molar-refractivity contribution in [1.29, 1.82) is 0 Å². The molecule has 1 aromatic rings. The maximum atomic E-state index is 2.53. The van der Waals surface area contributed by atoms with E-state index in [0.717, 1.165) is 6.54 Å². The summed E-state index contributed by atoms with van der Waals surface area (Å²) in [7, 11) is 0. The van der Waals surface area contributed by atoms with E-state index in [4.69, 9.17) is 0 Å². The molecular formula is C15H21N. The van der Waals surface area contributed by atoms with Crippen LogP contribution in [0.15, 0.2) is 30.3 Å². The predicted octanol–water partition coefficient (Wildman–Crippen LogP) is 3.49. The zero-order valence-electron chi connectivity index (χ0n) is 10.4. The second kappa shape index (κ2) is 5.31. The second-order valence-electron chi connectivity index (χ2n) is 4.65. The van der Waals surface area contributed by atoms with E-state index in [-0.39, 0.29) is 0 Å². The van der Waals surface area contributed by atoms with Crippen molar-refractivity contribution in [1.82, 2.24) is 4.90 Å². The van der Waals surface area contributed by atoms with Gasteiger partial charge in [-0.15, -0.1) is 0 Å². The first-order valence-electron chi connectivity index (χ1n) is 6.28. The number of aryl methyl sites for hydroxylation is 1. The largest absolute Gasteiger partial charge is 0.299 e. The van der Waals surface area contributed by atoms with E-state index in [9.17, 15) is 0 Å². The molecule has 0 fully saturated rings. The molecule has 1 heterocycles. The van der Waals surface area contributed by atoms with Crippen molar-refractivity contribution in [3.63, 3.8) is 0 Å². The van der Waals surface area contributed by atoms with Gasteiger partial charge in [0.15, 0.2) is 0 Å². The normalized spacial score (nSPS) is 17.2. The Morgan fingerprint density at radius 2 is 2.19 bits per heavy atom. The molecular weight excluding hydrogens is 194 g/mol. The lowest BCUT2D eigenvalue weighted by molar-refractivity contribution is 0.302. The van der Waals surface area contributed by atoms with Crippen molar-refractivity contribution in [2.75, 3.05) is 19.6 Å². The number of nitrogens with zero attached hydrogens (tertiary/aromatic N) is 1. The maximum Gasteiger partial charge on any atom is 0.0169 e. The summed E-state index contributed by atoms with van der Waals surface area (Å²) < 4.78 is 0. The zero-order valence-corrected chi connectivity index (χ0v) is 10.4. The Morgan fingerprint density at radius 3 is 2.81 bits per heavy atom. The van der Waals surface area contributed by atoms with Gasteiger partial charge < -0.3 is 0 Å². The minimum atomic E-state index is 1.12. The van der Waals surface area contributed by atoms with Crippen LogP contribution >= 0.6 is 0 Å². The van der Waals surface area contributed by atoms with Crippen LogP contribution in [0.25, 0.3) is 5.57 Å². The molecule has 0 amide bonds. The van der Waals surface area contributed by atoms with Crippen LogP contribution in [0.1, 0.15) is 30.9 Å². The van der Waals surface area contributed by atoms with Crippen molar-refractivity contribution in [3.8, 4) is 0 Å². The summed E-state index contributed by atoms with van der Waals surface area (Å²) in [5.41, 5.74) is 4.29. The third-order valence-electron chi connectivity index (χ3n) is 3.22. The minimum absolute atomic E-state index is 1.12. The summed E-state index contributed by atoms with van der Waals surface area (Å²) in [5, 5.41) is 0. The molecule has 86 valence electrons. The number of hydrogen-bond acceptors (Lipinski definition) is 1.